The highest BCUT2D eigenvalue weighted by atomic mass is 32.1. The molecule has 0 aliphatic carbocycles. The fourth-order valence-corrected chi connectivity index (χ4v) is 2.60. The number of ether oxygens (including phenoxy) is 1. The van der Waals surface area contributed by atoms with Gasteiger partial charge in [0.25, 0.3) is 0 Å². The van der Waals surface area contributed by atoms with E-state index >= 15 is 0 Å². The van der Waals surface area contributed by atoms with E-state index in [1.54, 1.807) is 6.20 Å². The van der Waals surface area contributed by atoms with E-state index in [0.717, 1.165) is 16.4 Å². The summed E-state index contributed by atoms with van der Waals surface area (Å²) in [6.07, 6.45) is 1.74. The molecule has 0 saturated carbocycles. The maximum atomic E-state index is 9.19. The number of thiazole rings is 1. The third-order valence-electron chi connectivity index (χ3n) is 2.75. The van der Waals surface area contributed by atoms with Gasteiger partial charge in [-0.25, -0.2) is 4.98 Å². The monoisotopic (exact) mass is 243 g/mol. The lowest BCUT2D eigenvalue weighted by Crippen LogP contribution is -2.45. The molecular weight excluding hydrogens is 234 g/mol. The minimum absolute atomic E-state index is 0.443. The average Bonchev–Trinajstić information content (AvgIpc) is 2.80. The van der Waals surface area contributed by atoms with E-state index in [-0.39, 0.29) is 0 Å². The van der Waals surface area contributed by atoms with Gasteiger partial charge in [0.15, 0.2) is 5.41 Å². The quantitative estimate of drug-likeness (QED) is 0.809. The molecule has 17 heavy (non-hydrogen) atoms. The summed E-state index contributed by atoms with van der Waals surface area (Å²) in [4.78, 5) is 8.74. The first kappa shape index (κ1) is 10.4. The third kappa shape index (κ3) is 1.62. The maximum absolute atomic E-state index is 9.19. The van der Waals surface area contributed by atoms with Crippen LogP contribution in [-0.4, -0.2) is 23.2 Å². The topological polar surface area (TPSA) is 58.8 Å². The van der Waals surface area contributed by atoms with Crippen LogP contribution in [0.15, 0.2) is 29.8 Å². The van der Waals surface area contributed by atoms with Crippen molar-refractivity contribution in [1.82, 2.24) is 9.97 Å². The highest BCUT2D eigenvalue weighted by Gasteiger charge is 2.43. The number of aromatic nitrogens is 2. The zero-order chi connectivity index (χ0) is 11.7. The summed E-state index contributed by atoms with van der Waals surface area (Å²) in [6.45, 7) is 0.886. The normalized spacial score (nSPS) is 17.1. The zero-order valence-corrected chi connectivity index (χ0v) is 9.78. The molecule has 84 valence electrons. The molecule has 3 rings (SSSR count). The molecule has 0 amide bonds. The number of pyridine rings is 1. The van der Waals surface area contributed by atoms with E-state index in [4.69, 9.17) is 4.74 Å². The highest BCUT2D eigenvalue weighted by Crippen LogP contribution is 2.35. The lowest BCUT2D eigenvalue weighted by Gasteiger charge is -2.32. The second-order valence-electron chi connectivity index (χ2n) is 3.94. The van der Waals surface area contributed by atoms with Crippen molar-refractivity contribution in [2.75, 3.05) is 13.2 Å². The van der Waals surface area contributed by atoms with Gasteiger partial charge in [-0.15, -0.1) is 11.3 Å². The SMILES string of the molecule is N#CC1(c2nc(-c3ccccn3)cs2)COC1. The Labute approximate surface area is 103 Å². The molecule has 0 atom stereocenters. The van der Waals surface area contributed by atoms with Crippen LogP contribution >= 0.6 is 11.3 Å². The van der Waals surface area contributed by atoms with Gasteiger partial charge in [-0.05, 0) is 12.1 Å². The molecule has 1 saturated heterocycles. The number of nitriles is 1. The largest absolute Gasteiger partial charge is 0.377 e. The Hall–Kier alpha value is -1.77. The van der Waals surface area contributed by atoms with Crippen molar-refractivity contribution in [2.45, 2.75) is 5.41 Å². The molecule has 0 aromatic carbocycles. The first-order chi connectivity index (χ1) is 8.34. The number of hydrogen-bond donors (Lipinski definition) is 0. The molecule has 3 heterocycles. The summed E-state index contributed by atoms with van der Waals surface area (Å²) >= 11 is 1.50. The van der Waals surface area contributed by atoms with Crippen LogP contribution in [0, 0.1) is 11.3 Å². The second kappa shape index (κ2) is 3.91. The van der Waals surface area contributed by atoms with Gasteiger partial charge in [0.05, 0.1) is 30.7 Å². The van der Waals surface area contributed by atoms with E-state index in [2.05, 4.69) is 16.0 Å². The molecule has 5 heteroatoms. The van der Waals surface area contributed by atoms with Crippen LogP contribution in [0.25, 0.3) is 11.4 Å². The van der Waals surface area contributed by atoms with E-state index in [1.807, 2.05) is 23.6 Å². The van der Waals surface area contributed by atoms with Crippen LogP contribution in [0.5, 0.6) is 0 Å². The van der Waals surface area contributed by atoms with Crippen molar-refractivity contribution in [3.05, 3.63) is 34.8 Å². The summed E-state index contributed by atoms with van der Waals surface area (Å²) in [5.41, 5.74) is 1.13. The number of hydrogen-bond acceptors (Lipinski definition) is 5. The van der Waals surface area contributed by atoms with E-state index in [1.165, 1.54) is 11.3 Å². The second-order valence-corrected chi connectivity index (χ2v) is 4.80. The minimum atomic E-state index is -0.530. The summed E-state index contributed by atoms with van der Waals surface area (Å²) < 4.78 is 5.13. The van der Waals surface area contributed by atoms with Gasteiger partial charge < -0.3 is 4.74 Å². The molecule has 0 unspecified atom stereocenters. The summed E-state index contributed by atoms with van der Waals surface area (Å²) in [6, 6.07) is 8.00. The summed E-state index contributed by atoms with van der Waals surface area (Å²) in [5, 5.41) is 12.0. The highest BCUT2D eigenvalue weighted by molar-refractivity contribution is 7.10. The van der Waals surface area contributed by atoms with Crippen molar-refractivity contribution < 1.29 is 4.74 Å². The van der Waals surface area contributed by atoms with Crippen LogP contribution in [0.4, 0.5) is 0 Å². The van der Waals surface area contributed by atoms with E-state index < -0.39 is 5.41 Å². The van der Waals surface area contributed by atoms with Crippen LogP contribution in [0.1, 0.15) is 5.01 Å². The predicted molar refractivity (Wildman–Crippen MR) is 63.5 cm³/mol. The molecule has 2 aromatic rings. The maximum Gasteiger partial charge on any atom is 0.155 e. The van der Waals surface area contributed by atoms with Gasteiger partial charge >= 0.3 is 0 Å². The van der Waals surface area contributed by atoms with Crippen molar-refractivity contribution in [1.29, 1.82) is 5.26 Å². The molecule has 1 fully saturated rings. The molecular formula is C12H9N3OS. The minimum Gasteiger partial charge on any atom is -0.377 e. The van der Waals surface area contributed by atoms with E-state index in [9.17, 15) is 5.26 Å². The fourth-order valence-electron chi connectivity index (χ4n) is 1.67. The van der Waals surface area contributed by atoms with Crippen molar-refractivity contribution in [3.63, 3.8) is 0 Å². The molecule has 0 spiro atoms. The van der Waals surface area contributed by atoms with Gasteiger partial charge in [0, 0.05) is 11.6 Å². The number of rotatable bonds is 2. The fraction of sp³-hybridized carbons (Fsp3) is 0.250. The van der Waals surface area contributed by atoms with Gasteiger partial charge in [0.2, 0.25) is 0 Å². The molecule has 2 aromatic heterocycles. The molecule has 1 aliphatic heterocycles. The van der Waals surface area contributed by atoms with Gasteiger partial charge in [0.1, 0.15) is 5.01 Å². The Kier molecular flexibility index (Phi) is 2.39. The summed E-state index contributed by atoms with van der Waals surface area (Å²) in [7, 11) is 0. The molecule has 0 bridgehead atoms. The van der Waals surface area contributed by atoms with Gasteiger partial charge in [-0.1, -0.05) is 6.07 Å². The molecule has 0 radical (unpaired) electrons. The van der Waals surface area contributed by atoms with Crippen LogP contribution < -0.4 is 0 Å². The Morgan fingerprint density at radius 2 is 2.24 bits per heavy atom. The summed E-state index contributed by atoms with van der Waals surface area (Å²) in [5.74, 6) is 0. The molecule has 4 nitrogen and oxygen atoms in total. The smallest absolute Gasteiger partial charge is 0.155 e. The molecule has 0 N–H and O–H groups in total. The lowest BCUT2D eigenvalue weighted by atomic mass is 9.89. The molecule has 1 aliphatic rings. The van der Waals surface area contributed by atoms with Crippen molar-refractivity contribution in [3.8, 4) is 17.5 Å². The predicted octanol–water partition coefficient (Wildman–Crippen LogP) is 2.00. The van der Waals surface area contributed by atoms with Crippen LogP contribution in [-0.2, 0) is 10.2 Å². The standard InChI is InChI=1S/C12H9N3OS/c13-6-12(7-16-8-12)11-15-10(5-17-11)9-3-1-2-4-14-9/h1-5H,7-8H2. The van der Waals surface area contributed by atoms with Crippen LogP contribution in [0.3, 0.4) is 0 Å². The van der Waals surface area contributed by atoms with E-state index in [0.29, 0.717) is 13.2 Å². The Balaban J connectivity index is 1.97. The zero-order valence-electron chi connectivity index (χ0n) is 8.96. The third-order valence-corrected chi connectivity index (χ3v) is 3.80. The van der Waals surface area contributed by atoms with Crippen molar-refractivity contribution in [2.24, 2.45) is 0 Å². The van der Waals surface area contributed by atoms with Crippen molar-refractivity contribution >= 4 is 11.3 Å². The number of nitrogens with zero attached hydrogens (tertiary/aromatic N) is 3. The first-order valence-electron chi connectivity index (χ1n) is 5.20. The van der Waals surface area contributed by atoms with Crippen LogP contribution in [0.2, 0.25) is 0 Å². The lowest BCUT2D eigenvalue weighted by molar-refractivity contribution is -0.0298. The Morgan fingerprint density at radius 1 is 1.35 bits per heavy atom. The van der Waals surface area contributed by atoms with Gasteiger partial charge in [-0.3, -0.25) is 4.98 Å². The first-order valence-corrected chi connectivity index (χ1v) is 6.08. The Bertz CT molecular complexity index is 569. The van der Waals surface area contributed by atoms with Gasteiger partial charge in [-0.2, -0.15) is 5.26 Å². The average molecular weight is 243 g/mol. The Morgan fingerprint density at radius 3 is 2.82 bits per heavy atom.